The number of thiocarbonyl (C=S) groups is 1. The lowest BCUT2D eigenvalue weighted by Crippen LogP contribution is -2.43. The summed E-state index contributed by atoms with van der Waals surface area (Å²) in [5.74, 6) is 1.23. The third kappa shape index (κ3) is 2.73. The lowest BCUT2D eigenvalue weighted by atomic mass is 9.96. The van der Waals surface area contributed by atoms with Gasteiger partial charge in [0.2, 0.25) is 0 Å². The third-order valence-electron chi connectivity index (χ3n) is 3.28. The molecule has 1 aliphatic rings. The Morgan fingerprint density at radius 3 is 2.88 bits per heavy atom. The molecule has 2 atom stereocenters. The Morgan fingerprint density at radius 2 is 2.35 bits per heavy atom. The van der Waals surface area contributed by atoms with E-state index < -0.39 is 0 Å². The molecule has 0 amide bonds. The number of nitrogens with zero attached hydrogens (tertiary/aromatic N) is 2. The minimum absolute atomic E-state index is 0.277. The van der Waals surface area contributed by atoms with Crippen LogP contribution < -0.4 is 10.6 Å². The van der Waals surface area contributed by atoms with Crippen LogP contribution >= 0.6 is 12.2 Å². The van der Waals surface area contributed by atoms with Gasteiger partial charge >= 0.3 is 0 Å². The van der Waals surface area contributed by atoms with Gasteiger partial charge in [-0.1, -0.05) is 19.1 Å². The van der Waals surface area contributed by atoms with Gasteiger partial charge in [0.25, 0.3) is 0 Å². The average Bonchev–Trinajstić information content (AvgIpc) is 2.33. The standard InChI is InChI=1S/C12H17N3OS/c1-8-4-5-15(7-10(8)16)11-3-2-9(6-14-11)12(13)17/h2-3,6,8,10,16H,4-5,7H2,1H3,(H2,13,17). The first-order valence-corrected chi connectivity index (χ1v) is 6.17. The van der Waals surface area contributed by atoms with Crippen LogP contribution in [0, 0.1) is 5.92 Å². The Hall–Kier alpha value is -1.20. The molecule has 2 rings (SSSR count). The summed E-state index contributed by atoms with van der Waals surface area (Å²) in [5.41, 5.74) is 6.29. The number of aliphatic hydroxyl groups is 1. The van der Waals surface area contributed by atoms with Crippen molar-refractivity contribution in [3.63, 3.8) is 0 Å². The van der Waals surface area contributed by atoms with Gasteiger partial charge in [-0.25, -0.2) is 4.98 Å². The summed E-state index contributed by atoms with van der Waals surface area (Å²) < 4.78 is 0. The SMILES string of the molecule is CC1CCN(c2ccc(C(N)=S)cn2)CC1O. The van der Waals surface area contributed by atoms with Crippen molar-refractivity contribution >= 4 is 23.0 Å². The molecule has 1 aromatic rings. The highest BCUT2D eigenvalue weighted by molar-refractivity contribution is 7.80. The van der Waals surface area contributed by atoms with Gasteiger partial charge in [0, 0.05) is 24.8 Å². The average molecular weight is 251 g/mol. The van der Waals surface area contributed by atoms with E-state index in [0.29, 0.717) is 17.5 Å². The topological polar surface area (TPSA) is 62.4 Å². The Labute approximate surface area is 106 Å². The number of hydrogen-bond acceptors (Lipinski definition) is 4. The van der Waals surface area contributed by atoms with Gasteiger partial charge in [-0.05, 0) is 24.5 Å². The van der Waals surface area contributed by atoms with Crippen LogP contribution in [0.4, 0.5) is 5.82 Å². The molecule has 5 heteroatoms. The molecule has 2 unspecified atom stereocenters. The molecule has 0 radical (unpaired) electrons. The van der Waals surface area contributed by atoms with Crippen molar-refractivity contribution in [1.82, 2.24) is 4.98 Å². The van der Waals surface area contributed by atoms with Crippen LogP contribution in [0.15, 0.2) is 18.3 Å². The van der Waals surface area contributed by atoms with Crippen LogP contribution in [-0.2, 0) is 0 Å². The van der Waals surface area contributed by atoms with Crippen LogP contribution in [0.1, 0.15) is 18.9 Å². The number of nitrogens with two attached hydrogens (primary N) is 1. The van der Waals surface area contributed by atoms with Crippen LogP contribution in [0.3, 0.4) is 0 Å². The van der Waals surface area contributed by atoms with E-state index in [1.807, 2.05) is 12.1 Å². The highest BCUT2D eigenvalue weighted by Gasteiger charge is 2.24. The second-order valence-corrected chi connectivity index (χ2v) is 4.99. The van der Waals surface area contributed by atoms with E-state index in [1.54, 1.807) is 6.20 Å². The Bertz CT molecular complexity index is 407. The van der Waals surface area contributed by atoms with E-state index >= 15 is 0 Å². The zero-order valence-corrected chi connectivity index (χ0v) is 10.7. The van der Waals surface area contributed by atoms with Crippen molar-refractivity contribution in [1.29, 1.82) is 0 Å². The van der Waals surface area contributed by atoms with Gasteiger partial charge in [0.1, 0.15) is 10.8 Å². The van der Waals surface area contributed by atoms with Gasteiger partial charge in [0.05, 0.1) is 6.10 Å². The molecule has 0 aliphatic carbocycles. The van der Waals surface area contributed by atoms with Gasteiger partial charge < -0.3 is 15.7 Å². The van der Waals surface area contributed by atoms with Crippen LogP contribution in [0.25, 0.3) is 0 Å². The van der Waals surface area contributed by atoms with E-state index in [4.69, 9.17) is 18.0 Å². The fourth-order valence-electron chi connectivity index (χ4n) is 1.98. The molecular weight excluding hydrogens is 234 g/mol. The first kappa shape index (κ1) is 12.3. The second kappa shape index (κ2) is 4.98. The Morgan fingerprint density at radius 1 is 1.59 bits per heavy atom. The summed E-state index contributed by atoms with van der Waals surface area (Å²) in [7, 11) is 0. The summed E-state index contributed by atoms with van der Waals surface area (Å²) in [4.78, 5) is 6.78. The summed E-state index contributed by atoms with van der Waals surface area (Å²) in [5, 5.41) is 9.84. The maximum absolute atomic E-state index is 9.84. The normalized spacial score (nSPS) is 24.7. The fourth-order valence-corrected chi connectivity index (χ4v) is 2.10. The second-order valence-electron chi connectivity index (χ2n) is 4.55. The molecule has 0 spiro atoms. The lowest BCUT2D eigenvalue weighted by Gasteiger charge is -2.35. The maximum Gasteiger partial charge on any atom is 0.128 e. The van der Waals surface area contributed by atoms with Crippen LogP contribution in [0.5, 0.6) is 0 Å². The Balaban J connectivity index is 2.10. The Kier molecular flexibility index (Phi) is 3.59. The van der Waals surface area contributed by atoms with Gasteiger partial charge in [-0.2, -0.15) is 0 Å². The lowest BCUT2D eigenvalue weighted by molar-refractivity contribution is 0.102. The molecule has 2 heterocycles. The number of anilines is 1. The summed E-state index contributed by atoms with van der Waals surface area (Å²) in [6, 6.07) is 3.77. The molecule has 1 aromatic heterocycles. The first-order valence-electron chi connectivity index (χ1n) is 5.77. The zero-order valence-electron chi connectivity index (χ0n) is 9.84. The van der Waals surface area contributed by atoms with Gasteiger partial charge in [0.15, 0.2) is 0 Å². The monoisotopic (exact) mass is 251 g/mol. The molecule has 1 aliphatic heterocycles. The number of β-amino-alcohol motifs (C(OH)–C–C–N with tert-alkyl or cyclic N) is 1. The first-order chi connectivity index (χ1) is 8.08. The molecular formula is C12H17N3OS. The zero-order chi connectivity index (χ0) is 12.4. The van der Waals surface area contributed by atoms with E-state index in [9.17, 15) is 5.11 Å². The number of aromatic nitrogens is 1. The minimum atomic E-state index is -0.277. The van der Waals surface area contributed by atoms with E-state index in [2.05, 4.69) is 16.8 Å². The number of hydrogen-bond donors (Lipinski definition) is 2. The number of piperidine rings is 1. The van der Waals surface area contributed by atoms with Gasteiger partial charge in [-0.15, -0.1) is 0 Å². The molecule has 17 heavy (non-hydrogen) atoms. The molecule has 0 aromatic carbocycles. The quantitative estimate of drug-likeness (QED) is 0.765. The molecule has 0 saturated carbocycles. The molecule has 0 bridgehead atoms. The predicted octanol–water partition coefficient (Wildman–Crippen LogP) is 0.923. The van der Waals surface area contributed by atoms with Crippen molar-refractivity contribution < 1.29 is 5.11 Å². The van der Waals surface area contributed by atoms with E-state index in [0.717, 1.165) is 24.3 Å². The van der Waals surface area contributed by atoms with Crippen molar-refractivity contribution in [2.24, 2.45) is 11.7 Å². The molecule has 92 valence electrons. The fraction of sp³-hybridized carbons (Fsp3) is 0.500. The number of rotatable bonds is 2. The van der Waals surface area contributed by atoms with E-state index in [-0.39, 0.29) is 6.10 Å². The summed E-state index contributed by atoms with van der Waals surface area (Å²) in [6.07, 6.45) is 2.39. The van der Waals surface area contributed by atoms with Crippen LogP contribution in [0.2, 0.25) is 0 Å². The summed E-state index contributed by atoms with van der Waals surface area (Å²) >= 11 is 4.88. The highest BCUT2D eigenvalue weighted by atomic mass is 32.1. The minimum Gasteiger partial charge on any atom is -0.391 e. The van der Waals surface area contributed by atoms with Crippen molar-refractivity contribution in [3.8, 4) is 0 Å². The van der Waals surface area contributed by atoms with E-state index in [1.165, 1.54) is 0 Å². The third-order valence-corrected chi connectivity index (χ3v) is 3.51. The van der Waals surface area contributed by atoms with Crippen molar-refractivity contribution in [2.45, 2.75) is 19.4 Å². The van der Waals surface area contributed by atoms with Crippen molar-refractivity contribution in [2.75, 3.05) is 18.0 Å². The summed E-state index contributed by atoms with van der Waals surface area (Å²) in [6.45, 7) is 3.64. The molecule has 3 N–H and O–H groups in total. The number of pyridine rings is 1. The molecule has 1 fully saturated rings. The van der Waals surface area contributed by atoms with Crippen LogP contribution in [-0.4, -0.2) is 34.3 Å². The van der Waals surface area contributed by atoms with Gasteiger partial charge in [-0.3, -0.25) is 0 Å². The highest BCUT2D eigenvalue weighted by Crippen LogP contribution is 2.21. The molecule has 1 saturated heterocycles. The molecule has 4 nitrogen and oxygen atoms in total. The predicted molar refractivity (Wildman–Crippen MR) is 72.1 cm³/mol. The van der Waals surface area contributed by atoms with Crippen molar-refractivity contribution in [3.05, 3.63) is 23.9 Å². The largest absolute Gasteiger partial charge is 0.391 e. The maximum atomic E-state index is 9.84. The number of aliphatic hydroxyl groups excluding tert-OH is 1. The smallest absolute Gasteiger partial charge is 0.128 e.